The molecule has 3 aromatic rings. The van der Waals surface area contributed by atoms with E-state index in [9.17, 15) is 23.2 Å². The third-order valence-electron chi connectivity index (χ3n) is 4.13. The van der Waals surface area contributed by atoms with Crippen LogP contribution < -0.4 is 15.4 Å². The molecule has 0 unspecified atom stereocenters. The second-order valence-corrected chi connectivity index (χ2v) is 6.39. The Hall–Kier alpha value is -4.27. The maximum atomic E-state index is 12.4. The first-order chi connectivity index (χ1) is 15.4. The normalized spacial score (nSPS) is 10.3. The molecule has 32 heavy (non-hydrogen) atoms. The zero-order chi connectivity index (χ0) is 22.9. The highest BCUT2D eigenvalue weighted by Gasteiger charge is 2.16. The van der Waals surface area contributed by atoms with Crippen molar-refractivity contribution in [3.8, 4) is 5.75 Å². The van der Waals surface area contributed by atoms with Crippen LogP contribution in [0.4, 0.5) is 20.2 Å². The molecule has 0 aliphatic heterocycles. The van der Waals surface area contributed by atoms with Crippen LogP contribution in [0.2, 0.25) is 0 Å². The van der Waals surface area contributed by atoms with Crippen molar-refractivity contribution in [2.45, 2.75) is 6.61 Å². The third-order valence-corrected chi connectivity index (χ3v) is 4.13. The lowest BCUT2D eigenvalue weighted by Crippen LogP contribution is -2.22. The minimum atomic E-state index is -2.95. The largest absolute Gasteiger partial charge is 0.452 e. The van der Waals surface area contributed by atoms with Gasteiger partial charge >= 0.3 is 12.6 Å². The quantitative estimate of drug-likeness (QED) is 0.509. The number of hydrogen-bond donors (Lipinski definition) is 2. The van der Waals surface area contributed by atoms with Crippen molar-refractivity contribution < 1.29 is 32.6 Å². The van der Waals surface area contributed by atoms with Crippen molar-refractivity contribution in [1.29, 1.82) is 0 Å². The molecule has 3 rings (SSSR count). The van der Waals surface area contributed by atoms with Crippen LogP contribution in [0.15, 0.2) is 78.9 Å². The van der Waals surface area contributed by atoms with Gasteiger partial charge in [-0.2, -0.15) is 8.78 Å². The fraction of sp³-hybridized carbons (Fsp3) is 0.0870. The zero-order valence-electron chi connectivity index (χ0n) is 16.6. The molecule has 7 nitrogen and oxygen atoms in total. The average Bonchev–Trinajstić information content (AvgIpc) is 2.79. The number of amides is 2. The van der Waals surface area contributed by atoms with Crippen LogP contribution in [0.25, 0.3) is 0 Å². The van der Waals surface area contributed by atoms with E-state index >= 15 is 0 Å². The summed E-state index contributed by atoms with van der Waals surface area (Å²) in [5, 5.41) is 5.12. The van der Waals surface area contributed by atoms with Crippen molar-refractivity contribution >= 4 is 29.2 Å². The number of benzene rings is 3. The molecule has 0 spiro atoms. The number of hydrogen-bond acceptors (Lipinski definition) is 5. The van der Waals surface area contributed by atoms with Gasteiger partial charge in [0.05, 0.1) is 11.3 Å². The van der Waals surface area contributed by atoms with Crippen molar-refractivity contribution in [3.63, 3.8) is 0 Å². The Bertz CT molecular complexity index is 1090. The van der Waals surface area contributed by atoms with Crippen LogP contribution in [-0.2, 0) is 9.53 Å². The van der Waals surface area contributed by atoms with E-state index in [0.29, 0.717) is 11.3 Å². The van der Waals surface area contributed by atoms with Gasteiger partial charge in [-0.1, -0.05) is 30.3 Å². The molecule has 9 heteroatoms. The van der Waals surface area contributed by atoms with Crippen molar-refractivity contribution in [3.05, 3.63) is 90.0 Å². The van der Waals surface area contributed by atoms with Crippen molar-refractivity contribution in [2.24, 2.45) is 0 Å². The van der Waals surface area contributed by atoms with Crippen LogP contribution in [0.5, 0.6) is 5.75 Å². The van der Waals surface area contributed by atoms with Gasteiger partial charge in [0.1, 0.15) is 5.75 Å². The highest BCUT2D eigenvalue weighted by Crippen LogP contribution is 2.19. The highest BCUT2D eigenvalue weighted by molar-refractivity contribution is 6.08. The second kappa shape index (κ2) is 10.7. The van der Waals surface area contributed by atoms with E-state index in [1.807, 2.05) is 0 Å². The maximum absolute atomic E-state index is 12.4. The minimum absolute atomic E-state index is 0.0569. The SMILES string of the molecule is O=C(COC(=O)c1ccccc1NC(=O)c1ccccc1)Nc1ccc(OC(F)F)cc1. The van der Waals surface area contributed by atoms with Gasteiger partial charge in [-0.25, -0.2) is 4.79 Å². The zero-order valence-corrected chi connectivity index (χ0v) is 16.6. The van der Waals surface area contributed by atoms with Crippen LogP contribution in [0.3, 0.4) is 0 Å². The first-order valence-corrected chi connectivity index (χ1v) is 9.39. The first-order valence-electron chi connectivity index (χ1n) is 9.39. The molecule has 0 aliphatic rings. The molecule has 0 saturated carbocycles. The van der Waals surface area contributed by atoms with Crippen LogP contribution >= 0.6 is 0 Å². The molecule has 0 aromatic heterocycles. The summed E-state index contributed by atoms with van der Waals surface area (Å²) in [4.78, 5) is 36.9. The van der Waals surface area contributed by atoms with Gasteiger partial charge in [0.15, 0.2) is 6.61 Å². The van der Waals surface area contributed by atoms with Crippen molar-refractivity contribution in [2.75, 3.05) is 17.2 Å². The summed E-state index contributed by atoms with van der Waals surface area (Å²) in [6, 6.07) is 20.0. The number of ether oxygens (including phenoxy) is 2. The number of carbonyl (C=O) groups excluding carboxylic acids is 3. The maximum Gasteiger partial charge on any atom is 0.387 e. The Kier molecular flexibility index (Phi) is 7.47. The van der Waals surface area contributed by atoms with E-state index in [0.717, 1.165) is 0 Å². The van der Waals surface area contributed by atoms with E-state index in [-0.39, 0.29) is 17.0 Å². The van der Waals surface area contributed by atoms with Gasteiger partial charge in [0.2, 0.25) is 0 Å². The molecule has 164 valence electrons. The van der Waals surface area contributed by atoms with E-state index in [2.05, 4.69) is 15.4 Å². The summed E-state index contributed by atoms with van der Waals surface area (Å²) in [6.07, 6.45) is 0. The highest BCUT2D eigenvalue weighted by atomic mass is 19.3. The molecule has 0 fully saturated rings. The molecule has 0 atom stereocenters. The molecule has 2 amide bonds. The number of rotatable bonds is 8. The summed E-state index contributed by atoms with van der Waals surface area (Å²) < 4.78 is 33.6. The standard InChI is InChI=1S/C23H18F2N2O5/c24-23(25)32-17-12-10-16(11-13-17)26-20(28)14-31-22(30)18-8-4-5-9-19(18)27-21(29)15-6-2-1-3-7-15/h1-13,23H,14H2,(H,26,28)(H,27,29). The van der Waals surface area contributed by atoms with E-state index in [1.54, 1.807) is 48.5 Å². The molecule has 0 bridgehead atoms. The number of esters is 1. The van der Waals surface area contributed by atoms with Gasteiger partial charge in [0, 0.05) is 11.3 Å². The lowest BCUT2D eigenvalue weighted by Gasteiger charge is -2.11. The Morgan fingerprint density at radius 2 is 1.47 bits per heavy atom. The number of para-hydroxylation sites is 1. The molecule has 3 aromatic carbocycles. The van der Waals surface area contributed by atoms with Crippen LogP contribution in [0, 0.1) is 0 Å². The summed E-state index contributed by atoms with van der Waals surface area (Å²) in [5.74, 6) is -1.89. The van der Waals surface area contributed by atoms with Gasteiger partial charge in [0.25, 0.3) is 11.8 Å². The lowest BCUT2D eigenvalue weighted by atomic mass is 10.1. The molecule has 0 heterocycles. The summed E-state index contributed by atoms with van der Waals surface area (Å²) in [7, 11) is 0. The number of alkyl halides is 2. The number of carbonyl (C=O) groups is 3. The fourth-order valence-corrected chi connectivity index (χ4v) is 2.68. The molecule has 0 radical (unpaired) electrons. The Labute approximate surface area is 182 Å². The smallest absolute Gasteiger partial charge is 0.387 e. The van der Waals surface area contributed by atoms with Crippen LogP contribution in [0.1, 0.15) is 20.7 Å². The predicted octanol–water partition coefficient (Wildman–Crippen LogP) is 4.34. The van der Waals surface area contributed by atoms with Gasteiger partial charge in [-0.15, -0.1) is 0 Å². The Morgan fingerprint density at radius 1 is 0.812 bits per heavy atom. The summed E-state index contributed by atoms with van der Waals surface area (Å²) >= 11 is 0. The van der Waals surface area contributed by atoms with Crippen LogP contribution in [-0.4, -0.2) is 31.0 Å². The second-order valence-electron chi connectivity index (χ2n) is 6.39. The monoisotopic (exact) mass is 440 g/mol. The number of anilines is 2. The van der Waals surface area contributed by atoms with Gasteiger partial charge < -0.3 is 20.1 Å². The average molecular weight is 440 g/mol. The molecule has 0 saturated heterocycles. The predicted molar refractivity (Wildman–Crippen MR) is 113 cm³/mol. The van der Waals surface area contributed by atoms with E-state index < -0.39 is 31.0 Å². The molecular formula is C23H18F2N2O5. The van der Waals surface area contributed by atoms with Gasteiger partial charge in [-0.3, -0.25) is 9.59 Å². The van der Waals surface area contributed by atoms with E-state index in [1.165, 1.54) is 30.3 Å². The van der Waals surface area contributed by atoms with E-state index in [4.69, 9.17) is 4.74 Å². The first kappa shape index (κ1) is 22.4. The Balaban J connectivity index is 1.57. The van der Waals surface area contributed by atoms with Crippen molar-refractivity contribution in [1.82, 2.24) is 0 Å². The fourth-order valence-electron chi connectivity index (χ4n) is 2.68. The molecule has 2 N–H and O–H groups in total. The summed E-state index contributed by atoms with van der Waals surface area (Å²) in [6.45, 7) is -3.54. The topological polar surface area (TPSA) is 93.7 Å². The third kappa shape index (κ3) is 6.36. The summed E-state index contributed by atoms with van der Waals surface area (Å²) in [5.41, 5.74) is 1.04. The number of nitrogens with one attached hydrogen (secondary N) is 2. The van der Waals surface area contributed by atoms with Gasteiger partial charge in [-0.05, 0) is 48.5 Å². The molecular weight excluding hydrogens is 422 g/mol. The number of halogens is 2. The minimum Gasteiger partial charge on any atom is -0.452 e. The molecule has 0 aliphatic carbocycles. The lowest BCUT2D eigenvalue weighted by molar-refractivity contribution is -0.119. The Morgan fingerprint density at radius 3 is 2.16 bits per heavy atom.